The van der Waals surface area contributed by atoms with Crippen LogP contribution < -0.4 is 10.6 Å². The Hall–Kier alpha value is -1.54. The van der Waals surface area contributed by atoms with Crippen LogP contribution in [0.1, 0.15) is 6.92 Å². The molecule has 1 aromatic rings. The molecule has 1 aromatic carbocycles. The summed E-state index contributed by atoms with van der Waals surface area (Å²) in [6.07, 6.45) is 0. The number of aliphatic carboxylic acids is 1. The number of nitrogens with one attached hydrogen (secondary N) is 2. The summed E-state index contributed by atoms with van der Waals surface area (Å²) < 4.78 is 0. The first kappa shape index (κ1) is 22.5. The van der Waals surface area contributed by atoms with Crippen molar-refractivity contribution in [2.75, 3.05) is 31.5 Å². The molecule has 0 atom stereocenters. The Morgan fingerprint density at radius 3 is 2.17 bits per heavy atom. The van der Waals surface area contributed by atoms with Crippen molar-refractivity contribution in [2.45, 2.75) is 6.92 Å². The number of carbonyl (C=O) groups excluding carboxylic acids is 2. The average Bonchev–Trinajstić information content (AvgIpc) is 2.48. The van der Waals surface area contributed by atoms with Crippen LogP contribution in [0.2, 0.25) is 10.0 Å². The van der Waals surface area contributed by atoms with Crippen molar-refractivity contribution in [3.8, 4) is 0 Å². The molecular formula is C14H18Cl3N3O4. The summed E-state index contributed by atoms with van der Waals surface area (Å²) in [4.78, 5) is 35.6. The Labute approximate surface area is 155 Å². The summed E-state index contributed by atoms with van der Waals surface area (Å²) in [6.45, 7) is 1.61. The lowest BCUT2D eigenvalue weighted by Crippen LogP contribution is -2.42. The molecular weight excluding hydrogens is 381 g/mol. The molecule has 0 fully saturated rings. The first-order valence-electron chi connectivity index (χ1n) is 6.78. The molecule has 3 N–H and O–H groups in total. The monoisotopic (exact) mass is 397 g/mol. The third-order valence-corrected chi connectivity index (χ3v) is 3.48. The minimum atomic E-state index is -1.13. The van der Waals surface area contributed by atoms with Crippen LogP contribution in [0.3, 0.4) is 0 Å². The molecule has 0 aliphatic heterocycles. The van der Waals surface area contributed by atoms with Gasteiger partial charge in [-0.15, -0.1) is 12.4 Å². The van der Waals surface area contributed by atoms with Crippen LogP contribution in [-0.4, -0.2) is 54.0 Å². The number of carboxylic acid groups (broad SMARTS) is 1. The molecule has 7 nitrogen and oxygen atoms in total. The summed E-state index contributed by atoms with van der Waals surface area (Å²) in [7, 11) is 0. The van der Waals surface area contributed by atoms with Crippen LogP contribution >= 0.6 is 35.6 Å². The smallest absolute Gasteiger partial charge is 0.322 e. The maximum absolute atomic E-state index is 12.0. The number of nitrogens with zero attached hydrogens (tertiary/aromatic N) is 1. The number of amides is 2. The summed E-state index contributed by atoms with van der Waals surface area (Å²) in [5.41, 5.74) is 0.312. The highest BCUT2D eigenvalue weighted by Gasteiger charge is 2.15. The fraction of sp³-hybridized carbons (Fsp3) is 0.357. The number of hydrogen-bond acceptors (Lipinski definition) is 4. The molecule has 2 amide bonds. The minimum absolute atomic E-state index is 0. The molecule has 0 saturated carbocycles. The third kappa shape index (κ3) is 7.83. The Balaban J connectivity index is 0.00000529. The van der Waals surface area contributed by atoms with Crippen molar-refractivity contribution in [2.24, 2.45) is 0 Å². The second kappa shape index (κ2) is 11.1. The van der Waals surface area contributed by atoms with Crippen LogP contribution in [0.25, 0.3) is 0 Å². The van der Waals surface area contributed by atoms with E-state index in [-0.39, 0.29) is 31.4 Å². The number of rotatable bonds is 8. The van der Waals surface area contributed by atoms with Gasteiger partial charge in [-0.1, -0.05) is 36.2 Å². The lowest BCUT2D eigenvalue weighted by Gasteiger charge is -2.19. The summed E-state index contributed by atoms with van der Waals surface area (Å²) in [5, 5.41) is 14.0. The van der Waals surface area contributed by atoms with Crippen molar-refractivity contribution < 1.29 is 19.5 Å². The van der Waals surface area contributed by atoms with Crippen LogP contribution in [0.5, 0.6) is 0 Å². The van der Waals surface area contributed by atoms with Gasteiger partial charge in [0.05, 0.1) is 28.8 Å². The molecule has 0 heterocycles. The van der Waals surface area contributed by atoms with E-state index in [4.69, 9.17) is 28.3 Å². The van der Waals surface area contributed by atoms with Crippen LogP contribution in [0, 0.1) is 0 Å². The molecule has 24 heavy (non-hydrogen) atoms. The number of carboxylic acids is 1. The second-order valence-electron chi connectivity index (χ2n) is 4.62. The van der Waals surface area contributed by atoms with Crippen molar-refractivity contribution in [1.29, 1.82) is 0 Å². The van der Waals surface area contributed by atoms with Gasteiger partial charge in [0.1, 0.15) is 6.54 Å². The molecule has 0 unspecified atom stereocenters. The van der Waals surface area contributed by atoms with Gasteiger partial charge in [0.15, 0.2) is 0 Å². The van der Waals surface area contributed by atoms with E-state index in [0.717, 1.165) is 0 Å². The number of halogens is 3. The molecule has 0 aliphatic carbocycles. The van der Waals surface area contributed by atoms with Gasteiger partial charge in [0, 0.05) is 0 Å². The molecule has 1 rings (SSSR count). The van der Waals surface area contributed by atoms with Crippen molar-refractivity contribution in [1.82, 2.24) is 10.2 Å². The molecule has 10 heteroatoms. The number of likely N-dealkylation sites (N-methyl/N-ethyl adjacent to an activating group) is 1. The zero-order chi connectivity index (χ0) is 17.4. The SMILES string of the molecule is CCN(CC(=O)NCC(=O)O)CC(=O)Nc1c(Cl)cccc1Cl.Cl. The van der Waals surface area contributed by atoms with E-state index in [2.05, 4.69) is 10.6 Å². The van der Waals surface area contributed by atoms with E-state index in [9.17, 15) is 14.4 Å². The van der Waals surface area contributed by atoms with E-state index >= 15 is 0 Å². The second-order valence-corrected chi connectivity index (χ2v) is 5.43. The van der Waals surface area contributed by atoms with Crippen LogP contribution in [0.15, 0.2) is 18.2 Å². The highest BCUT2D eigenvalue weighted by Crippen LogP contribution is 2.29. The first-order valence-corrected chi connectivity index (χ1v) is 7.53. The highest BCUT2D eigenvalue weighted by atomic mass is 35.5. The zero-order valence-electron chi connectivity index (χ0n) is 12.8. The average molecular weight is 399 g/mol. The largest absolute Gasteiger partial charge is 0.480 e. The minimum Gasteiger partial charge on any atom is -0.480 e. The standard InChI is InChI=1S/C14H17Cl2N3O4.ClH/c1-2-19(7-11(20)17-6-13(22)23)8-12(21)18-14-9(15)4-3-5-10(14)16;/h3-5H,2,6-8H2,1H3,(H,17,20)(H,18,21)(H,22,23);1H. The van der Waals surface area contributed by atoms with Gasteiger partial charge < -0.3 is 15.7 Å². The molecule has 0 saturated heterocycles. The first-order chi connectivity index (χ1) is 10.8. The van der Waals surface area contributed by atoms with Crippen LogP contribution in [-0.2, 0) is 14.4 Å². The van der Waals surface area contributed by atoms with E-state index in [1.807, 2.05) is 0 Å². The molecule has 0 aromatic heterocycles. The van der Waals surface area contributed by atoms with Crippen LogP contribution in [0.4, 0.5) is 5.69 Å². The number of anilines is 1. The Kier molecular flexibility index (Phi) is 10.4. The summed E-state index contributed by atoms with van der Waals surface area (Å²) in [5.74, 6) is -1.99. The predicted octanol–water partition coefficient (Wildman–Crippen LogP) is 1.88. The van der Waals surface area contributed by atoms with E-state index in [1.165, 1.54) is 0 Å². The Morgan fingerprint density at radius 1 is 1.12 bits per heavy atom. The zero-order valence-corrected chi connectivity index (χ0v) is 15.2. The maximum Gasteiger partial charge on any atom is 0.322 e. The Bertz CT molecular complexity index is 578. The molecule has 0 spiro atoms. The van der Waals surface area contributed by atoms with Gasteiger partial charge in [-0.05, 0) is 18.7 Å². The Morgan fingerprint density at radius 2 is 1.67 bits per heavy atom. The van der Waals surface area contributed by atoms with Crippen molar-refractivity contribution >= 4 is 59.1 Å². The van der Waals surface area contributed by atoms with E-state index in [0.29, 0.717) is 22.3 Å². The van der Waals surface area contributed by atoms with Gasteiger partial charge in [-0.2, -0.15) is 0 Å². The van der Waals surface area contributed by atoms with Gasteiger partial charge >= 0.3 is 5.97 Å². The van der Waals surface area contributed by atoms with Gasteiger partial charge in [-0.25, -0.2) is 0 Å². The molecule has 134 valence electrons. The normalized spacial score (nSPS) is 10.0. The molecule has 0 aliphatic rings. The predicted molar refractivity (Wildman–Crippen MR) is 95.1 cm³/mol. The number of benzene rings is 1. The van der Waals surface area contributed by atoms with Gasteiger partial charge in [-0.3, -0.25) is 19.3 Å². The fourth-order valence-corrected chi connectivity index (χ4v) is 2.20. The molecule has 0 bridgehead atoms. The third-order valence-electron chi connectivity index (χ3n) is 2.85. The number of carbonyl (C=O) groups is 3. The lowest BCUT2D eigenvalue weighted by atomic mass is 10.3. The summed E-state index contributed by atoms with van der Waals surface area (Å²) >= 11 is 11.9. The molecule has 0 radical (unpaired) electrons. The van der Waals surface area contributed by atoms with Gasteiger partial charge in [0.2, 0.25) is 11.8 Å². The summed E-state index contributed by atoms with van der Waals surface area (Å²) in [6, 6.07) is 4.85. The van der Waals surface area contributed by atoms with E-state index < -0.39 is 18.4 Å². The number of para-hydroxylation sites is 1. The topological polar surface area (TPSA) is 98.7 Å². The quantitative estimate of drug-likeness (QED) is 0.621. The van der Waals surface area contributed by atoms with Gasteiger partial charge in [0.25, 0.3) is 0 Å². The number of hydrogen-bond donors (Lipinski definition) is 3. The van der Waals surface area contributed by atoms with Crippen molar-refractivity contribution in [3.05, 3.63) is 28.2 Å². The maximum atomic E-state index is 12.0. The van der Waals surface area contributed by atoms with Crippen molar-refractivity contribution in [3.63, 3.8) is 0 Å². The highest BCUT2D eigenvalue weighted by molar-refractivity contribution is 6.39. The lowest BCUT2D eigenvalue weighted by molar-refractivity contribution is -0.138. The van der Waals surface area contributed by atoms with E-state index in [1.54, 1.807) is 30.0 Å². The fourth-order valence-electron chi connectivity index (χ4n) is 1.71.